The van der Waals surface area contributed by atoms with Gasteiger partial charge in [-0.15, -0.1) is 0 Å². The maximum Gasteiger partial charge on any atom is 0.337 e. The maximum absolute atomic E-state index is 11.2. The number of nitrogens with zero attached hydrogens (tertiary/aromatic N) is 1. The van der Waals surface area contributed by atoms with E-state index in [1.54, 1.807) is 24.3 Å². The lowest BCUT2D eigenvalue weighted by Crippen LogP contribution is -2.33. The van der Waals surface area contributed by atoms with E-state index in [0.29, 0.717) is 11.1 Å². The highest BCUT2D eigenvalue weighted by atomic mass is 16.5. The molecule has 0 aromatic heterocycles. The summed E-state index contributed by atoms with van der Waals surface area (Å²) in [6.45, 7) is -0.573. The van der Waals surface area contributed by atoms with Gasteiger partial charge in [0, 0.05) is 6.54 Å². The number of carbonyl (C=O) groups is 3. The van der Waals surface area contributed by atoms with Gasteiger partial charge in [0.1, 0.15) is 0 Å². The summed E-state index contributed by atoms with van der Waals surface area (Å²) in [6.07, 6.45) is 0. The molecule has 0 bridgehead atoms. The first-order chi connectivity index (χ1) is 9.42. The standard InChI is InChI=1S/C13H15NO6/c1-20-13(19)10-4-2-9(3-5-10)6-14(7-11(15)16)8-12(17)18/h2-5H,6-8H2,1H3,(H,15,16)(H,17,18). The van der Waals surface area contributed by atoms with Gasteiger partial charge in [0.2, 0.25) is 0 Å². The van der Waals surface area contributed by atoms with Crippen molar-refractivity contribution >= 4 is 17.9 Å². The molecule has 0 spiro atoms. The topological polar surface area (TPSA) is 104 Å². The Kier molecular flexibility index (Phi) is 5.67. The number of carbonyl (C=O) groups excluding carboxylic acids is 1. The van der Waals surface area contributed by atoms with Gasteiger partial charge in [-0.1, -0.05) is 12.1 Å². The lowest BCUT2D eigenvalue weighted by atomic mass is 10.1. The van der Waals surface area contributed by atoms with E-state index in [2.05, 4.69) is 4.74 Å². The third-order valence-corrected chi connectivity index (χ3v) is 2.50. The van der Waals surface area contributed by atoms with Crippen molar-refractivity contribution in [3.63, 3.8) is 0 Å². The van der Waals surface area contributed by atoms with Crippen LogP contribution in [-0.4, -0.2) is 53.2 Å². The number of benzene rings is 1. The average Bonchev–Trinajstić information content (AvgIpc) is 2.37. The quantitative estimate of drug-likeness (QED) is 0.699. The lowest BCUT2D eigenvalue weighted by molar-refractivity contribution is -0.142. The summed E-state index contributed by atoms with van der Waals surface area (Å²) in [5, 5.41) is 17.5. The highest BCUT2D eigenvalue weighted by Gasteiger charge is 2.14. The van der Waals surface area contributed by atoms with Crippen molar-refractivity contribution in [3.8, 4) is 0 Å². The fourth-order valence-corrected chi connectivity index (χ4v) is 1.67. The van der Waals surface area contributed by atoms with E-state index in [0.717, 1.165) is 0 Å². The molecule has 2 N–H and O–H groups in total. The number of hydrogen-bond donors (Lipinski definition) is 2. The molecule has 0 aliphatic rings. The predicted octanol–water partition coefficient (Wildman–Crippen LogP) is 0.444. The zero-order chi connectivity index (χ0) is 15.1. The largest absolute Gasteiger partial charge is 0.480 e. The molecule has 1 aromatic carbocycles. The number of esters is 1. The monoisotopic (exact) mass is 281 g/mol. The Morgan fingerprint density at radius 1 is 1.05 bits per heavy atom. The average molecular weight is 281 g/mol. The van der Waals surface area contributed by atoms with Crippen LogP contribution in [-0.2, 0) is 20.9 Å². The van der Waals surface area contributed by atoms with Gasteiger partial charge >= 0.3 is 17.9 Å². The van der Waals surface area contributed by atoms with Crippen LogP contribution in [0.15, 0.2) is 24.3 Å². The summed E-state index contributed by atoms with van der Waals surface area (Å²) in [7, 11) is 1.28. The molecule has 0 saturated heterocycles. The van der Waals surface area contributed by atoms with Crippen molar-refractivity contribution in [2.24, 2.45) is 0 Å². The molecule has 0 amide bonds. The van der Waals surface area contributed by atoms with E-state index < -0.39 is 17.9 Å². The molecule has 0 aliphatic heterocycles. The van der Waals surface area contributed by atoms with E-state index in [4.69, 9.17) is 10.2 Å². The third kappa shape index (κ3) is 5.07. The van der Waals surface area contributed by atoms with Gasteiger partial charge in [-0.25, -0.2) is 4.79 Å². The minimum atomic E-state index is -1.10. The van der Waals surface area contributed by atoms with Crippen LogP contribution in [0, 0.1) is 0 Å². The summed E-state index contributed by atoms with van der Waals surface area (Å²) in [5.74, 6) is -2.67. The third-order valence-electron chi connectivity index (χ3n) is 2.50. The molecule has 0 atom stereocenters. The van der Waals surface area contributed by atoms with Crippen molar-refractivity contribution in [2.75, 3.05) is 20.2 Å². The van der Waals surface area contributed by atoms with Crippen LogP contribution in [0.1, 0.15) is 15.9 Å². The second kappa shape index (κ2) is 7.25. The normalized spacial score (nSPS) is 10.3. The molecule has 108 valence electrons. The molecule has 20 heavy (non-hydrogen) atoms. The number of methoxy groups -OCH3 is 1. The molecule has 0 unspecified atom stereocenters. The SMILES string of the molecule is COC(=O)c1ccc(CN(CC(=O)O)CC(=O)O)cc1. The van der Waals surface area contributed by atoms with Crippen molar-refractivity contribution in [3.05, 3.63) is 35.4 Å². The van der Waals surface area contributed by atoms with E-state index >= 15 is 0 Å². The molecule has 1 aromatic rings. The first-order valence-electron chi connectivity index (χ1n) is 5.75. The van der Waals surface area contributed by atoms with Crippen LogP contribution in [0.4, 0.5) is 0 Å². The Hall–Kier alpha value is -2.41. The second-order valence-electron chi connectivity index (χ2n) is 4.12. The fourth-order valence-electron chi connectivity index (χ4n) is 1.67. The van der Waals surface area contributed by atoms with Gasteiger partial charge in [-0.05, 0) is 17.7 Å². The Balaban J connectivity index is 2.75. The van der Waals surface area contributed by atoms with Gasteiger partial charge in [0.15, 0.2) is 0 Å². The summed E-state index contributed by atoms with van der Waals surface area (Å²) in [6, 6.07) is 6.34. The predicted molar refractivity (Wildman–Crippen MR) is 68.3 cm³/mol. The van der Waals surface area contributed by atoms with Gasteiger partial charge in [0.25, 0.3) is 0 Å². The Morgan fingerprint density at radius 2 is 1.55 bits per heavy atom. The van der Waals surface area contributed by atoms with Gasteiger partial charge in [-0.3, -0.25) is 14.5 Å². The fraction of sp³-hybridized carbons (Fsp3) is 0.308. The molecule has 7 nitrogen and oxygen atoms in total. The smallest absolute Gasteiger partial charge is 0.337 e. The van der Waals surface area contributed by atoms with Crippen LogP contribution < -0.4 is 0 Å². The number of ether oxygens (including phenoxy) is 1. The van der Waals surface area contributed by atoms with Crippen LogP contribution in [0.25, 0.3) is 0 Å². The first kappa shape index (κ1) is 15.6. The number of rotatable bonds is 7. The molecule has 0 heterocycles. The van der Waals surface area contributed by atoms with Crippen LogP contribution in [0.5, 0.6) is 0 Å². The van der Waals surface area contributed by atoms with Gasteiger partial charge in [0.05, 0.1) is 25.8 Å². The highest BCUT2D eigenvalue weighted by Crippen LogP contribution is 2.08. The highest BCUT2D eigenvalue weighted by molar-refractivity contribution is 5.89. The van der Waals surface area contributed by atoms with Crippen molar-refractivity contribution in [2.45, 2.75) is 6.54 Å². The number of carboxylic acid groups (broad SMARTS) is 2. The lowest BCUT2D eigenvalue weighted by Gasteiger charge is -2.17. The van der Waals surface area contributed by atoms with E-state index in [-0.39, 0.29) is 19.6 Å². The maximum atomic E-state index is 11.2. The molecular formula is C13H15NO6. The first-order valence-corrected chi connectivity index (χ1v) is 5.75. The Morgan fingerprint density at radius 3 is 1.95 bits per heavy atom. The molecule has 0 radical (unpaired) electrons. The van der Waals surface area contributed by atoms with Crippen LogP contribution in [0.2, 0.25) is 0 Å². The molecule has 0 aliphatic carbocycles. The van der Waals surface area contributed by atoms with Crippen molar-refractivity contribution in [1.82, 2.24) is 4.90 Å². The molecule has 0 fully saturated rings. The van der Waals surface area contributed by atoms with Gasteiger partial charge in [-0.2, -0.15) is 0 Å². The zero-order valence-electron chi connectivity index (χ0n) is 10.9. The summed E-state index contributed by atoms with van der Waals surface area (Å²) < 4.78 is 4.56. The molecule has 7 heteroatoms. The Labute approximate surface area is 115 Å². The van der Waals surface area contributed by atoms with Gasteiger partial charge < -0.3 is 14.9 Å². The minimum absolute atomic E-state index is 0.167. The summed E-state index contributed by atoms with van der Waals surface area (Å²) in [5.41, 5.74) is 1.08. The van der Waals surface area contributed by atoms with E-state index in [9.17, 15) is 14.4 Å². The van der Waals surface area contributed by atoms with Crippen molar-refractivity contribution < 1.29 is 29.3 Å². The molecular weight excluding hydrogens is 266 g/mol. The molecule has 0 saturated carbocycles. The van der Waals surface area contributed by atoms with Crippen LogP contribution >= 0.6 is 0 Å². The second-order valence-corrected chi connectivity index (χ2v) is 4.12. The molecule has 1 rings (SSSR count). The van der Waals surface area contributed by atoms with Crippen molar-refractivity contribution in [1.29, 1.82) is 0 Å². The van der Waals surface area contributed by atoms with E-state index in [1.807, 2.05) is 0 Å². The van der Waals surface area contributed by atoms with E-state index in [1.165, 1.54) is 12.0 Å². The summed E-state index contributed by atoms with van der Waals surface area (Å²) in [4.78, 5) is 33.9. The minimum Gasteiger partial charge on any atom is -0.480 e. The number of aliphatic carboxylic acids is 2. The number of carboxylic acids is 2. The van der Waals surface area contributed by atoms with Crippen LogP contribution in [0.3, 0.4) is 0 Å². The zero-order valence-corrected chi connectivity index (χ0v) is 10.9. The Bertz CT molecular complexity index is 480. The summed E-state index contributed by atoms with van der Waals surface area (Å²) >= 11 is 0. The number of hydrogen-bond acceptors (Lipinski definition) is 5.